The number of ether oxygens (including phenoxy) is 4. The van der Waals surface area contributed by atoms with Crippen molar-refractivity contribution in [2.75, 3.05) is 41.0 Å². The van der Waals surface area contributed by atoms with Crippen LogP contribution in [0, 0.1) is 17.8 Å². The Labute approximate surface area is 376 Å². The van der Waals surface area contributed by atoms with Gasteiger partial charge in [0.1, 0.15) is 36.1 Å². The summed E-state index contributed by atoms with van der Waals surface area (Å²) in [5.41, 5.74) is 7.11. The number of amides is 4. The second-order valence-electron chi connectivity index (χ2n) is 17.7. The number of nitrogens with zero attached hydrogens (tertiary/aromatic N) is 4. The molecule has 0 spiro atoms. The predicted molar refractivity (Wildman–Crippen MR) is 243 cm³/mol. The van der Waals surface area contributed by atoms with Crippen LogP contribution in [0.3, 0.4) is 0 Å². The van der Waals surface area contributed by atoms with Crippen molar-refractivity contribution in [3.63, 3.8) is 0 Å². The average molecular weight is 883 g/mol. The van der Waals surface area contributed by atoms with E-state index in [-0.39, 0.29) is 41.7 Å². The first-order chi connectivity index (χ1) is 31.4. The summed E-state index contributed by atoms with van der Waals surface area (Å²) in [6.45, 7) is 7.74. The number of hydrogen-bond acceptors (Lipinski definition) is 10. The minimum Gasteiger partial charge on any atom is -0.488 e. The molecular formula is C49H54N8O8. The zero-order valence-corrected chi connectivity index (χ0v) is 37.3. The van der Waals surface area contributed by atoms with Gasteiger partial charge in [0.05, 0.1) is 55.8 Å². The number of likely N-dealkylation sites (tertiary alicyclic amines) is 2. The molecule has 2 aromatic heterocycles. The Morgan fingerprint density at radius 2 is 1.58 bits per heavy atom. The summed E-state index contributed by atoms with van der Waals surface area (Å²) in [5, 5.41) is 7.39. The summed E-state index contributed by atoms with van der Waals surface area (Å²) in [7, 11) is 4.23. The molecule has 3 aliphatic heterocycles. The fourth-order valence-corrected chi connectivity index (χ4v) is 9.77. The lowest BCUT2D eigenvalue weighted by atomic mass is 9.92. The van der Waals surface area contributed by atoms with E-state index in [1.165, 1.54) is 14.2 Å². The summed E-state index contributed by atoms with van der Waals surface area (Å²) >= 11 is 0. The minimum atomic E-state index is -0.911. The normalized spacial score (nSPS) is 20.0. The van der Waals surface area contributed by atoms with Crippen LogP contribution in [0.25, 0.3) is 44.2 Å². The molecule has 16 heteroatoms. The van der Waals surface area contributed by atoms with Crippen LogP contribution < -0.4 is 15.4 Å². The van der Waals surface area contributed by atoms with Crippen LogP contribution in [0.5, 0.6) is 5.75 Å². The molecule has 6 atom stereocenters. The maximum atomic E-state index is 14.2. The molecule has 0 aliphatic carbocycles. The van der Waals surface area contributed by atoms with Gasteiger partial charge < -0.3 is 49.3 Å². The van der Waals surface area contributed by atoms with E-state index in [2.05, 4.69) is 63.9 Å². The number of benzene rings is 4. The molecule has 4 N–H and O–H groups in total. The maximum Gasteiger partial charge on any atom is 0.407 e. The molecule has 9 rings (SSSR count). The fourth-order valence-electron chi connectivity index (χ4n) is 9.77. The summed E-state index contributed by atoms with van der Waals surface area (Å²) in [6, 6.07) is 21.4. The highest BCUT2D eigenvalue weighted by Gasteiger charge is 2.42. The molecule has 338 valence electrons. The highest BCUT2D eigenvalue weighted by atomic mass is 16.5. The van der Waals surface area contributed by atoms with Crippen molar-refractivity contribution in [2.45, 2.75) is 64.4 Å². The summed E-state index contributed by atoms with van der Waals surface area (Å²) < 4.78 is 21.7. The SMILES string of the molecule is COC[C@H]1C[C@@H](c2nc3c(ccc4cc5c(cc43)OCc3cc(-c4cnc([C@@H]6C[C@H](C)CN6C(=O)C(NC(=O)OC)c6ccccc6)[nH]4)ccc3-5)[nH]2)N(C(=O)[C@@H](NC(=O)OC)C(C)C)C1. The monoisotopic (exact) mass is 882 g/mol. The van der Waals surface area contributed by atoms with E-state index < -0.39 is 24.3 Å². The number of imidazole rings is 2. The number of aromatic amines is 2. The zero-order chi connectivity index (χ0) is 45.5. The number of H-pyrrole nitrogens is 2. The van der Waals surface area contributed by atoms with E-state index in [0.29, 0.717) is 49.9 Å². The highest BCUT2D eigenvalue weighted by molar-refractivity contribution is 6.07. The summed E-state index contributed by atoms with van der Waals surface area (Å²) in [5.74, 6) is 1.83. The van der Waals surface area contributed by atoms with Crippen LogP contribution in [-0.2, 0) is 30.4 Å². The molecule has 5 heterocycles. The predicted octanol–water partition coefficient (Wildman–Crippen LogP) is 7.59. The molecule has 1 unspecified atom stereocenters. The quantitative estimate of drug-likeness (QED) is 0.101. The Balaban J connectivity index is 0.973. The topological polar surface area (TPSA) is 193 Å². The molecule has 4 amide bonds. The van der Waals surface area contributed by atoms with Gasteiger partial charge in [-0.25, -0.2) is 19.6 Å². The van der Waals surface area contributed by atoms with E-state index in [1.54, 1.807) is 18.2 Å². The van der Waals surface area contributed by atoms with Gasteiger partial charge in [-0.2, -0.15) is 0 Å². The maximum absolute atomic E-state index is 14.2. The lowest BCUT2D eigenvalue weighted by Gasteiger charge is -2.30. The fraction of sp³-hybridized carbons (Fsp3) is 0.388. The smallest absolute Gasteiger partial charge is 0.407 e. The van der Waals surface area contributed by atoms with Gasteiger partial charge in [-0.05, 0) is 76.6 Å². The number of nitrogens with one attached hydrogen (secondary N) is 4. The van der Waals surface area contributed by atoms with Crippen molar-refractivity contribution in [1.82, 2.24) is 40.4 Å². The van der Waals surface area contributed by atoms with E-state index in [4.69, 9.17) is 28.9 Å². The lowest BCUT2D eigenvalue weighted by Crippen LogP contribution is -2.51. The van der Waals surface area contributed by atoms with Crippen molar-refractivity contribution in [3.8, 4) is 28.1 Å². The van der Waals surface area contributed by atoms with Gasteiger partial charge in [0.25, 0.3) is 5.91 Å². The van der Waals surface area contributed by atoms with Crippen LogP contribution in [0.2, 0.25) is 0 Å². The molecule has 3 aliphatic rings. The first-order valence-corrected chi connectivity index (χ1v) is 22.1. The van der Waals surface area contributed by atoms with Gasteiger partial charge in [0.2, 0.25) is 5.91 Å². The molecule has 6 aromatic rings. The molecule has 0 saturated carbocycles. The zero-order valence-electron chi connectivity index (χ0n) is 37.3. The molecule has 2 saturated heterocycles. The van der Waals surface area contributed by atoms with E-state index in [0.717, 1.165) is 61.9 Å². The average Bonchev–Trinajstić information content (AvgIpc) is 4.15. The Morgan fingerprint density at radius 3 is 2.34 bits per heavy atom. The molecule has 2 fully saturated rings. The molecule has 65 heavy (non-hydrogen) atoms. The third-order valence-electron chi connectivity index (χ3n) is 13.0. The van der Waals surface area contributed by atoms with E-state index in [9.17, 15) is 19.2 Å². The third kappa shape index (κ3) is 8.34. The highest BCUT2D eigenvalue weighted by Crippen LogP contribution is 2.44. The Kier molecular flexibility index (Phi) is 11.9. The van der Waals surface area contributed by atoms with E-state index >= 15 is 0 Å². The van der Waals surface area contributed by atoms with Gasteiger partial charge in [0, 0.05) is 37.1 Å². The van der Waals surface area contributed by atoms with Gasteiger partial charge in [-0.15, -0.1) is 0 Å². The van der Waals surface area contributed by atoms with Crippen molar-refractivity contribution >= 4 is 45.8 Å². The molecule has 0 bridgehead atoms. The lowest BCUT2D eigenvalue weighted by molar-refractivity contribution is -0.136. The van der Waals surface area contributed by atoms with Crippen molar-refractivity contribution < 1.29 is 38.1 Å². The van der Waals surface area contributed by atoms with Gasteiger partial charge in [-0.1, -0.05) is 69.3 Å². The first kappa shape index (κ1) is 43.3. The van der Waals surface area contributed by atoms with Crippen molar-refractivity contribution in [1.29, 1.82) is 0 Å². The van der Waals surface area contributed by atoms with Gasteiger partial charge in [-0.3, -0.25) is 9.59 Å². The molecule has 16 nitrogen and oxygen atoms in total. The molecule has 0 radical (unpaired) electrons. The minimum absolute atomic E-state index is 0.0924. The Bertz CT molecular complexity index is 2770. The number of alkyl carbamates (subject to hydrolysis) is 2. The second kappa shape index (κ2) is 17.9. The van der Waals surface area contributed by atoms with Crippen molar-refractivity contribution in [2.24, 2.45) is 17.8 Å². The number of carbonyl (C=O) groups excluding carboxylic acids is 4. The Hall–Kier alpha value is -6.94. The Morgan fingerprint density at radius 1 is 0.831 bits per heavy atom. The van der Waals surface area contributed by atoms with Crippen molar-refractivity contribution in [3.05, 3.63) is 102 Å². The molecule has 4 aromatic carbocycles. The van der Waals surface area contributed by atoms with Crippen LogP contribution in [0.1, 0.15) is 74.5 Å². The summed E-state index contributed by atoms with van der Waals surface area (Å²) in [6.07, 6.45) is 1.84. The van der Waals surface area contributed by atoms with E-state index in [1.807, 2.05) is 55.1 Å². The number of fused-ring (bicyclic) bond motifs is 6. The summed E-state index contributed by atoms with van der Waals surface area (Å²) in [4.78, 5) is 73.4. The number of methoxy groups -OCH3 is 3. The van der Waals surface area contributed by atoms with Crippen LogP contribution in [0.15, 0.2) is 79.0 Å². The number of hydrogen-bond donors (Lipinski definition) is 4. The van der Waals surface area contributed by atoms with Gasteiger partial charge in [0.15, 0.2) is 0 Å². The third-order valence-corrected chi connectivity index (χ3v) is 13.0. The largest absolute Gasteiger partial charge is 0.488 e. The number of aromatic nitrogens is 4. The molecular weight excluding hydrogens is 829 g/mol. The second-order valence-corrected chi connectivity index (χ2v) is 17.7. The van der Waals surface area contributed by atoms with Crippen LogP contribution in [0.4, 0.5) is 9.59 Å². The number of rotatable bonds is 11. The van der Waals surface area contributed by atoms with Gasteiger partial charge >= 0.3 is 12.2 Å². The van der Waals surface area contributed by atoms with Crippen LogP contribution >= 0.6 is 0 Å². The standard InChI is InChI=1S/C49H54N8O8/c1-26(2)41(54-48(60)63-5)46(58)57-23-28(24-62-4)17-39(57)45-51-36-15-13-30-19-35-33-14-12-31(18-32(33)25-65-40(35)20-34(30)43(36)53-45)37-21-50-44(52-37)38-16-27(3)22-56(38)47(59)42(55-49(61)64-6)29-10-8-7-9-11-29/h7-15,18-21,26-28,38-39,41-42H,16-17,22-25H2,1-6H3,(H,50,52)(H,51,53)(H,54,60)(H,55,61)/t27-,28-,38-,39-,41-,42?/m0/s1. The van der Waals surface area contributed by atoms with Crippen LogP contribution in [-0.4, -0.2) is 101 Å². The number of carbonyl (C=O) groups is 4. The first-order valence-electron chi connectivity index (χ1n) is 22.1.